The summed E-state index contributed by atoms with van der Waals surface area (Å²) < 4.78 is 1.70. The number of anilines is 2. The van der Waals surface area contributed by atoms with Gasteiger partial charge in [-0.05, 0) is 53.8 Å². The van der Waals surface area contributed by atoms with Crippen LogP contribution in [-0.2, 0) is 0 Å². The molecule has 3 N–H and O–H groups in total. The molecule has 36 heavy (non-hydrogen) atoms. The van der Waals surface area contributed by atoms with E-state index in [1.165, 1.54) is 6.20 Å². The lowest BCUT2D eigenvalue weighted by Crippen LogP contribution is -2.26. The highest BCUT2D eigenvalue weighted by molar-refractivity contribution is 6.30. The summed E-state index contributed by atoms with van der Waals surface area (Å²) in [6.07, 6.45) is 1.38. The number of fused-ring (bicyclic) bond motifs is 1. The molecule has 0 aliphatic carbocycles. The third-order valence-electron chi connectivity index (χ3n) is 5.95. The minimum atomic E-state index is -0.392. The lowest BCUT2D eigenvalue weighted by molar-refractivity contribution is 0.774. The van der Waals surface area contributed by atoms with Gasteiger partial charge in [-0.1, -0.05) is 60.1 Å². The first-order chi connectivity index (χ1) is 17.5. The fraction of sp³-hybridized carbons (Fsp3) is 0.0714. The summed E-state index contributed by atoms with van der Waals surface area (Å²) in [4.78, 5) is 25.8. The molecule has 0 spiro atoms. The molecule has 5 rings (SSSR count). The number of para-hydroxylation sites is 1. The number of hydrogen-bond acceptors (Lipinski definition) is 5. The van der Waals surface area contributed by atoms with E-state index in [0.29, 0.717) is 21.9 Å². The predicted octanol–water partition coefficient (Wildman–Crippen LogP) is 6.41. The van der Waals surface area contributed by atoms with Gasteiger partial charge in [0.15, 0.2) is 0 Å². The smallest absolute Gasteiger partial charge is 0.263 e. The lowest BCUT2D eigenvalue weighted by atomic mass is 9.98. The monoisotopic (exact) mass is 492 g/mol. The first kappa shape index (κ1) is 23.1. The van der Waals surface area contributed by atoms with Crippen LogP contribution in [0.2, 0.25) is 5.02 Å². The number of hydrogen-bond donors (Lipinski definition) is 2. The molecular weight excluding hydrogens is 472 g/mol. The molecule has 0 fully saturated rings. The van der Waals surface area contributed by atoms with Crippen LogP contribution in [0.25, 0.3) is 32.4 Å². The molecule has 0 unspecified atom stereocenters. The molecule has 176 valence electrons. The maximum absolute atomic E-state index is 14.2. The van der Waals surface area contributed by atoms with Gasteiger partial charge in [-0.2, -0.15) is 0 Å². The molecule has 0 radical (unpaired) electrons. The van der Waals surface area contributed by atoms with E-state index in [0.717, 1.165) is 22.2 Å². The second kappa shape index (κ2) is 9.53. The maximum Gasteiger partial charge on any atom is 0.263 e. The number of halogens is 1. The Morgan fingerprint density at radius 3 is 2.53 bits per heavy atom. The van der Waals surface area contributed by atoms with Gasteiger partial charge in [0.05, 0.1) is 18.0 Å². The Labute approximate surface area is 212 Å². The number of nitrogens with two attached hydrogens (primary N) is 1. The van der Waals surface area contributed by atoms with Crippen LogP contribution >= 0.6 is 11.6 Å². The van der Waals surface area contributed by atoms with Crippen LogP contribution in [0.1, 0.15) is 18.7 Å². The predicted molar refractivity (Wildman–Crippen MR) is 145 cm³/mol. The summed E-state index contributed by atoms with van der Waals surface area (Å²) in [5.74, 6) is 0.371. The molecule has 2 heterocycles. The van der Waals surface area contributed by atoms with Crippen LogP contribution < -0.4 is 16.6 Å². The van der Waals surface area contributed by atoms with Gasteiger partial charge in [-0.3, -0.25) is 9.36 Å². The van der Waals surface area contributed by atoms with E-state index in [2.05, 4.69) is 20.1 Å². The molecule has 0 bridgehead atoms. The SMILES string of the molecule is [C-]#[N+]c1cnc(N)nc1N[C@@H](C)c1cc2cccc(-c3ccc(Cl)cc3)c2c(=O)n1-c1ccccc1. The summed E-state index contributed by atoms with van der Waals surface area (Å²) in [7, 11) is 0. The van der Waals surface area contributed by atoms with Crippen molar-refractivity contribution in [2.45, 2.75) is 13.0 Å². The second-order valence-electron chi connectivity index (χ2n) is 8.26. The number of nitrogens with one attached hydrogen (secondary N) is 1. The van der Waals surface area contributed by atoms with E-state index in [4.69, 9.17) is 23.9 Å². The van der Waals surface area contributed by atoms with Crippen molar-refractivity contribution in [3.8, 4) is 16.8 Å². The van der Waals surface area contributed by atoms with E-state index in [1.807, 2.05) is 85.8 Å². The van der Waals surface area contributed by atoms with Gasteiger partial charge in [0.2, 0.25) is 11.6 Å². The van der Waals surface area contributed by atoms with Crippen molar-refractivity contribution in [1.29, 1.82) is 0 Å². The van der Waals surface area contributed by atoms with Crippen LogP contribution in [-0.4, -0.2) is 14.5 Å². The highest BCUT2D eigenvalue weighted by atomic mass is 35.5. The van der Waals surface area contributed by atoms with Gasteiger partial charge >= 0.3 is 0 Å². The number of nitrogens with zero attached hydrogens (tertiary/aromatic N) is 4. The van der Waals surface area contributed by atoms with Crippen LogP contribution in [0.5, 0.6) is 0 Å². The van der Waals surface area contributed by atoms with E-state index in [1.54, 1.807) is 4.57 Å². The van der Waals surface area contributed by atoms with Crippen molar-refractivity contribution in [1.82, 2.24) is 14.5 Å². The lowest BCUT2D eigenvalue weighted by Gasteiger charge is -2.22. The Morgan fingerprint density at radius 1 is 1.06 bits per heavy atom. The first-order valence-corrected chi connectivity index (χ1v) is 11.6. The Kier molecular flexibility index (Phi) is 6.11. The van der Waals surface area contributed by atoms with Crippen LogP contribution in [0.15, 0.2) is 89.9 Å². The Morgan fingerprint density at radius 2 is 1.81 bits per heavy atom. The van der Waals surface area contributed by atoms with Crippen molar-refractivity contribution < 1.29 is 0 Å². The largest absolute Gasteiger partial charge is 0.371 e. The molecule has 7 nitrogen and oxygen atoms in total. The Balaban J connectivity index is 1.74. The molecule has 0 saturated heterocycles. The number of pyridine rings is 1. The number of rotatable bonds is 5. The van der Waals surface area contributed by atoms with Crippen molar-refractivity contribution >= 4 is 39.8 Å². The van der Waals surface area contributed by atoms with Gasteiger partial charge < -0.3 is 11.1 Å². The fourth-order valence-electron chi connectivity index (χ4n) is 4.27. The van der Waals surface area contributed by atoms with E-state index in [9.17, 15) is 4.79 Å². The third-order valence-corrected chi connectivity index (χ3v) is 6.20. The third kappa shape index (κ3) is 4.26. The molecule has 8 heteroatoms. The van der Waals surface area contributed by atoms with E-state index < -0.39 is 6.04 Å². The molecule has 0 saturated carbocycles. The molecule has 0 aliphatic heterocycles. The highest BCUT2D eigenvalue weighted by Gasteiger charge is 2.20. The Bertz CT molecular complexity index is 1670. The molecule has 1 atom stereocenters. The summed E-state index contributed by atoms with van der Waals surface area (Å²) >= 11 is 6.10. The number of benzene rings is 3. The van der Waals surface area contributed by atoms with Gasteiger partial charge in [-0.25, -0.2) is 14.8 Å². The van der Waals surface area contributed by atoms with E-state index in [-0.39, 0.29) is 17.2 Å². The van der Waals surface area contributed by atoms with Crippen molar-refractivity contribution in [2.75, 3.05) is 11.1 Å². The first-order valence-electron chi connectivity index (χ1n) is 11.2. The van der Waals surface area contributed by atoms with Crippen molar-refractivity contribution in [3.05, 3.63) is 118 Å². The molecule has 0 aliphatic rings. The summed E-state index contributed by atoms with van der Waals surface area (Å²) in [6, 6.07) is 24.3. The normalized spacial score (nSPS) is 11.7. The van der Waals surface area contributed by atoms with Gasteiger partial charge in [0.25, 0.3) is 5.56 Å². The minimum absolute atomic E-state index is 0.0590. The van der Waals surface area contributed by atoms with Gasteiger partial charge in [-0.15, -0.1) is 0 Å². The van der Waals surface area contributed by atoms with E-state index >= 15 is 0 Å². The summed E-state index contributed by atoms with van der Waals surface area (Å²) in [5.41, 5.74) is 9.02. The van der Waals surface area contributed by atoms with Crippen LogP contribution in [0, 0.1) is 6.57 Å². The zero-order valence-corrected chi connectivity index (χ0v) is 20.1. The highest BCUT2D eigenvalue weighted by Crippen LogP contribution is 2.32. The molecule has 0 amide bonds. The molecule has 3 aromatic carbocycles. The van der Waals surface area contributed by atoms with Crippen molar-refractivity contribution in [3.63, 3.8) is 0 Å². The zero-order valence-electron chi connectivity index (χ0n) is 19.3. The summed E-state index contributed by atoms with van der Waals surface area (Å²) in [5, 5.41) is 5.29. The number of nitrogen functional groups attached to an aromatic ring is 1. The summed E-state index contributed by atoms with van der Waals surface area (Å²) in [6.45, 7) is 9.35. The molecule has 5 aromatic rings. The van der Waals surface area contributed by atoms with Crippen molar-refractivity contribution in [2.24, 2.45) is 0 Å². The van der Waals surface area contributed by atoms with Crippen LogP contribution in [0.4, 0.5) is 17.5 Å². The molecule has 2 aromatic heterocycles. The standard InChI is InChI=1S/C28H21ClN6O/c1-17(33-26-23(31-2)16-32-28(30)34-26)24-15-19-7-6-10-22(18-11-13-20(29)14-12-18)25(19)27(36)35(24)21-8-4-3-5-9-21/h3-17H,1H3,(H3,30,32,33,34)/t17-/m0/s1. The maximum atomic E-state index is 14.2. The Hall–Kier alpha value is -4.67. The second-order valence-corrected chi connectivity index (χ2v) is 8.70. The van der Waals surface area contributed by atoms with Gasteiger partial charge in [0.1, 0.15) is 5.82 Å². The minimum Gasteiger partial charge on any atom is -0.371 e. The fourth-order valence-corrected chi connectivity index (χ4v) is 4.40. The average molecular weight is 493 g/mol. The topological polar surface area (TPSA) is 90.2 Å². The molecular formula is C28H21ClN6O. The van der Waals surface area contributed by atoms with Crippen LogP contribution in [0.3, 0.4) is 0 Å². The zero-order chi connectivity index (χ0) is 25.2. The van der Waals surface area contributed by atoms with Gasteiger partial charge in [0, 0.05) is 22.6 Å². The average Bonchev–Trinajstić information content (AvgIpc) is 2.89. The number of aromatic nitrogens is 3. The quantitative estimate of drug-likeness (QED) is 0.277.